The van der Waals surface area contributed by atoms with Crippen LogP contribution in [0.4, 0.5) is 35.3 Å². The van der Waals surface area contributed by atoms with Gasteiger partial charge in [-0.1, -0.05) is 12.1 Å². The van der Waals surface area contributed by atoms with Crippen molar-refractivity contribution in [3.63, 3.8) is 0 Å². The molecule has 0 spiro atoms. The highest BCUT2D eigenvalue weighted by atomic mass is 19.4. The lowest BCUT2D eigenvalue weighted by Crippen LogP contribution is -2.20. The number of hydrogen-bond acceptors (Lipinski definition) is 7. The van der Waals surface area contributed by atoms with Crippen LogP contribution in [0.2, 0.25) is 0 Å². The highest BCUT2D eigenvalue weighted by Crippen LogP contribution is 2.38. The van der Waals surface area contributed by atoms with Gasteiger partial charge in [-0.3, -0.25) is 5.32 Å². The highest BCUT2D eigenvalue weighted by Gasteiger charge is 2.30. The lowest BCUT2D eigenvalue weighted by molar-refractivity contribution is -0.137. The summed E-state index contributed by atoms with van der Waals surface area (Å²) < 4.78 is 45.6. The largest absolute Gasteiger partial charge is 0.444 e. The Bertz CT molecular complexity index is 1510. The fourth-order valence-corrected chi connectivity index (χ4v) is 3.52. The average molecular weight is 480 g/mol. The molecule has 0 aliphatic heterocycles. The van der Waals surface area contributed by atoms with Crippen LogP contribution in [0.15, 0.2) is 72.0 Å². The van der Waals surface area contributed by atoms with Crippen molar-refractivity contribution < 1.29 is 22.4 Å². The van der Waals surface area contributed by atoms with E-state index < -0.39 is 17.8 Å². The Morgan fingerprint density at radius 2 is 1.83 bits per heavy atom. The summed E-state index contributed by atoms with van der Waals surface area (Å²) >= 11 is 0. The molecule has 0 unspecified atom stereocenters. The molecule has 2 amide bonds. The normalized spacial score (nSPS) is 11.5. The van der Waals surface area contributed by atoms with Gasteiger partial charge in [0.05, 0.1) is 17.3 Å². The summed E-state index contributed by atoms with van der Waals surface area (Å²) in [6.07, 6.45) is 2.43. The maximum atomic E-state index is 12.9. The van der Waals surface area contributed by atoms with E-state index in [-0.39, 0.29) is 11.6 Å². The number of amides is 2. The summed E-state index contributed by atoms with van der Waals surface area (Å²) in [5.41, 5.74) is 8.15. The molecular formula is C22H15F3N8O2. The first kappa shape index (κ1) is 21.9. The van der Waals surface area contributed by atoms with Gasteiger partial charge in [0.25, 0.3) is 0 Å². The van der Waals surface area contributed by atoms with Crippen molar-refractivity contribution in [2.45, 2.75) is 6.18 Å². The van der Waals surface area contributed by atoms with Gasteiger partial charge in [-0.15, -0.1) is 0 Å². The Kier molecular flexibility index (Phi) is 5.28. The Labute approximate surface area is 194 Å². The van der Waals surface area contributed by atoms with E-state index in [1.54, 1.807) is 35.0 Å². The zero-order valence-corrected chi connectivity index (χ0v) is 17.6. The van der Waals surface area contributed by atoms with Crippen LogP contribution in [-0.2, 0) is 6.18 Å². The van der Waals surface area contributed by atoms with E-state index in [1.807, 2.05) is 0 Å². The molecule has 4 N–H and O–H groups in total. The first-order valence-electron chi connectivity index (χ1n) is 10.0. The molecule has 13 heteroatoms. The summed E-state index contributed by atoms with van der Waals surface area (Å²) in [4.78, 5) is 24.3. The van der Waals surface area contributed by atoms with E-state index >= 15 is 0 Å². The molecule has 35 heavy (non-hydrogen) atoms. The van der Waals surface area contributed by atoms with E-state index in [0.29, 0.717) is 33.8 Å². The third-order valence-electron chi connectivity index (χ3n) is 5.03. The molecular weight excluding hydrogens is 465 g/mol. The molecule has 0 saturated carbocycles. The number of nitrogen functional groups attached to an aromatic ring is 1. The molecule has 0 aliphatic carbocycles. The quantitative estimate of drug-likeness (QED) is 0.339. The maximum absolute atomic E-state index is 12.9. The van der Waals surface area contributed by atoms with Gasteiger partial charge in [0.15, 0.2) is 5.82 Å². The number of alkyl halides is 3. The second-order valence-electron chi connectivity index (χ2n) is 7.28. The molecule has 176 valence electrons. The molecule has 0 radical (unpaired) electrons. The minimum absolute atomic E-state index is 0.236. The lowest BCUT2D eigenvalue weighted by Gasteiger charge is -2.10. The smallest absolute Gasteiger partial charge is 0.416 e. The van der Waals surface area contributed by atoms with Gasteiger partial charge in [0.2, 0.25) is 5.89 Å². The van der Waals surface area contributed by atoms with Crippen LogP contribution in [0.5, 0.6) is 0 Å². The van der Waals surface area contributed by atoms with E-state index in [4.69, 9.17) is 10.2 Å². The Hall–Kier alpha value is -4.94. The summed E-state index contributed by atoms with van der Waals surface area (Å²) in [6, 6.07) is 7.51. The SMILES string of the molecule is Nc1ncnn2cc(-c3ncco3)c(-c3ccc(NC(=O)Nc4cc(C(F)(F)F)ccn4)cc3)c12. The third-order valence-corrected chi connectivity index (χ3v) is 5.03. The van der Waals surface area contributed by atoms with Crippen molar-refractivity contribution in [2.24, 2.45) is 0 Å². The van der Waals surface area contributed by atoms with Gasteiger partial charge in [-0.25, -0.2) is 24.3 Å². The van der Waals surface area contributed by atoms with Crippen molar-refractivity contribution in [2.75, 3.05) is 16.4 Å². The van der Waals surface area contributed by atoms with Crippen LogP contribution >= 0.6 is 0 Å². The number of anilines is 3. The number of rotatable bonds is 4. The number of urea groups is 1. The molecule has 0 saturated heterocycles. The van der Waals surface area contributed by atoms with Gasteiger partial charge in [-0.2, -0.15) is 18.3 Å². The van der Waals surface area contributed by atoms with Gasteiger partial charge in [0.1, 0.15) is 23.9 Å². The Morgan fingerprint density at radius 3 is 2.54 bits per heavy atom. The first-order valence-corrected chi connectivity index (χ1v) is 10.0. The van der Waals surface area contributed by atoms with Crippen LogP contribution in [-0.4, -0.2) is 30.6 Å². The second kappa shape index (κ2) is 8.44. The summed E-state index contributed by atoms with van der Waals surface area (Å²) in [5, 5.41) is 9.03. The van der Waals surface area contributed by atoms with Crippen LogP contribution < -0.4 is 16.4 Å². The summed E-state index contributed by atoms with van der Waals surface area (Å²) in [5.74, 6) is 0.378. The van der Waals surface area contributed by atoms with E-state index in [0.717, 1.165) is 18.3 Å². The number of hydrogen-bond donors (Lipinski definition) is 3. The number of fused-ring (bicyclic) bond motifs is 1. The zero-order valence-electron chi connectivity index (χ0n) is 17.6. The Balaban J connectivity index is 1.40. The number of pyridine rings is 1. The van der Waals surface area contributed by atoms with E-state index in [9.17, 15) is 18.0 Å². The number of carbonyl (C=O) groups excluding carboxylic acids is 1. The third kappa shape index (κ3) is 4.34. The van der Waals surface area contributed by atoms with E-state index in [1.165, 1.54) is 18.8 Å². The molecule has 10 nitrogen and oxygen atoms in total. The molecule has 4 aromatic heterocycles. The highest BCUT2D eigenvalue weighted by molar-refractivity contribution is 6.00. The maximum Gasteiger partial charge on any atom is 0.416 e. The van der Waals surface area contributed by atoms with Gasteiger partial charge >= 0.3 is 12.2 Å². The van der Waals surface area contributed by atoms with Crippen LogP contribution in [0, 0.1) is 0 Å². The molecule has 0 fully saturated rings. The number of carbonyl (C=O) groups is 1. The second-order valence-corrected chi connectivity index (χ2v) is 7.28. The first-order chi connectivity index (χ1) is 16.8. The number of aromatic nitrogens is 5. The monoisotopic (exact) mass is 480 g/mol. The van der Waals surface area contributed by atoms with Gasteiger partial charge < -0.3 is 15.5 Å². The Morgan fingerprint density at radius 1 is 1.03 bits per heavy atom. The molecule has 0 bridgehead atoms. The zero-order chi connectivity index (χ0) is 24.6. The van der Waals surface area contributed by atoms with E-state index in [2.05, 4.69) is 30.7 Å². The van der Waals surface area contributed by atoms with Crippen LogP contribution in [0.3, 0.4) is 0 Å². The van der Waals surface area contributed by atoms with Crippen molar-refractivity contribution in [1.82, 2.24) is 24.6 Å². The predicted octanol–water partition coefficient (Wildman–Crippen LogP) is 4.69. The molecule has 0 atom stereocenters. The van der Waals surface area contributed by atoms with Crippen molar-refractivity contribution >= 4 is 28.9 Å². The molecule has 5 rings (SSSR count). The number of halogens is 3. The molecule has 4 heterocycles. The van der Waals surface area contributed by atoms with Crippen LogP contribution in [0.1, 0.15) is 5.56 Å². The number of oxazole rings is 1. The van der Waals surface area contributed by atoms with Crippen molar-refractivity contribution in [3.05, 3.63) is 73.1 Å². The lowest BCUT2D eigenvalue weighted by atomic mass is 10.0. The fraction of sp³-hybridized carbons (Fsp3) is 0.0455. The number of nitrogens with zero attached hydrogens (tertiary/aromatic N) is 5. The minimum atomic E-state index is -4.55. The number of nitrogens with one attached hydrogen (secondary N) is 2. The average Bonchev–Trinajstić information content (AvgIpc) is 3.48. The van der Waals surface area contributed by atoms with Gasteiger partial charge in [-0.05, 0) is 29.8 Å². The number of nitrogens with two attached hydrogens (primary N) is 1. The molecule has 1 aromatic carbocycles. The van der Waals surface area contributed by atoms with Gasteiger partial charge in [0, 0.05) is 23.6 Å². The minimum Gasteiger partial charge on any atom is -0.444 e. The predicted molar refractivity (Wildman–Crippen MR) is 120 cm³/mol. The van der Waals surface area contributed by atoms with Crippen molar-refractivity contribution in [1.29, 1.82) is 0 Å². The summed E-state index contributed by atoms with van der Waals surface area (Å²) in [6.45, 7) is 0. The van der Waals surface area contributed by atoms with Crippen molar-refractivity contribution in [3.8, 4) is 22.6 Å². The standard InChI is InChI=1S/C22H15F3N8O2/c23-22(24,25)13-5-6-27-16(9-13)32-21(34)31-14-3-1-12(2-4-14)17-15(20-28-7-8-35-20)10-33-18(17)19(26)29-11-30-33/h1-11H,(H2,26,29,30)(H2,27,31,32,34). The number of benzene rings is 1. The summed E-state index contributed by atoms with van der Waals surface area (Å²) in [7, 11) is 0. The molecule has 0 aliphatic rings. The topological polar surface area (TPSA) is 136 Å². The van der Waals surface area contributed by atoms with Crippen LogP contribution in [0.25, 0.3) is 28.1 Å². The molecule has 5 aromatic rings. The fourth-order valence-electron chi connectivity index (χ4n) is 3.52.